The molecule has 0 radical (unpaired) electrons. The second-order valence-electron chi connectivity index (χ2n) is 44.7. The molecular formula is C116H182N4S4. The zero-order valence-electron chi connectivity index (χ0n) is 84.6. The molecule has 4 nitrogen and oxygen atoms in total. The van der Waals surface area contributed by atoms with Gasteiger partial charge < -0.3 is 0 Å². The molecule has 0 saturated heterocycles. The number of benzene rings is 6. The van der Waals surface area contributed by atoms with E-state index in [1.807, 2.05) is 47.0 Å². The van der Waals surface area contributed by atoms with Crippen LogP contribution >= 0.6 is 47.0 Å². The van der Waals surface area contributed by atoms with Gasteiger partial charge in [0.05, 0.1) is 44.1 Å². The summed E-state index contributed by atoms with van der Waals surface area (Å²) in [6, 6.07) is 19.5. The summed E-state index contributed by atoms with van der Waals surface area (Å²) >= 11 is 7.94. The first-order valence-electron chi connectivity index (χ1n) is 51.2. The van der Waals surface area contributed by atoms with Crippen LogP contribution < -0.4 is 0 Å². The number of hydrogen-bond donors (Lipinski definition) is 0. The first-order chi connectivity index (χ1) is 59.0. The zero-order valence-corrected chi connectivity index (χ0v) is 87.8. The molecule has 0 N–H and O–H groups in total. The van der Waals surface area contributed by atoms with E-state index in [-0.39, 0.29) is 10.8 Å². The fraction of sp³-hybridized carbons (Fsp3) is 0.690. The van der Waals surface area contributed by atoms with E-state index >= 15 is 0 Å². The first-order valence-corrected chi connectivity index (χ1v) is 55.2. The highest BCUT2D eigenvalue weighted by Gasteiger charge is 2.28. The normalized spacial score (nSPS) is 15.4. The third kappa shape index (κ3) is 35.9. The summed E-state index contributed by atoms with van der Waals surface area (Å²) in [5.41, 5.74) is 16.0. The Morgan fingerprint density at radius 3 is 0.589 bits per heavy atom. The van der Waals surface area contributed by atoms with Crippen LogP contribution in [-0.2, 0) is 10.8 Å². The van der Waals surface area contributed by atoms with Crippen LogP contribution in [0.1, 0.15) is 422 Å². The van der Waals surface area contributed by atoms with Gasteiger partial charge >= 0.3 is 0 Å². The van der Waals surface area contributed by atoms with Gasteiger partial charge in [-0.3, -0.25) is 0 Å². The quantitative estimate of drug-likeness (QED) is 0.0162. The van der Waals surface area contributed by atoms with E-state index in [1.54, 1.807) is 0 Å². The van der Waals surface area contributed by atoms with Gasteiger partial charge in [0.1, 0.15) is 0 Å². The van der Waals surface area contributed by atoms with Gasteiger partial charge in [0.25, 0.3) is 0 Å². The molecule has 0 aliphatic rings. The van der Waals surface area contributed by atoms with Gasteiger partial charge in [0.2, 0.25) is 0 Å². The molecule has 8 aromatic rings. The highest BCUT2D eigenvalue weighted by molar-refractivity contribution is 8.03. The topological polar surface area (TPSA) is 51.6 Å². The van der Waals surface area contributed by atoms with Crippen LogP contribution in [-0.4, -0.2) is 42.9 Å². The van der Waals surface area contributed by atoms with Crippen molar-refractivity contribution in [3.05, 3.63) is 106 Å². The number of fused-ring (bicyclic) bond motifs is 8. The van der Waals surface area contributed by atoms with E-state index < -0.39 is 0 Å². The van der Waals surface area contributed by atoms with Gasteiger partial charge in [-0.25, -0.2) is 19.9 Å². The van der Waals surface area contributed by atoms with Gasteiger partial charge in [-0.15, -0.1) is 47.0 Å². The highest BCUT2D eigenvalue weighted by Crippen LogP contribution is 2.49. The number of hydrogen-bond acceptors (Lipinski definition) is 8. The van der Waals surface area contributed by atoms with E-state index in [2.05, 4.69) is 253 Å². The molecule has 0 amide bonds. The lowest BCUT2D eigenvalue weighted by atomic mass is 9.80. The molecule has 0 saturated carbocycles. The molecule has 2 heterocycles. The highest BCUT2D eigenvalue weighted by atomic mass is 32.2. The van der Waals surface area contributed by atoms with E-state index in [9.17, 15) is 0 Å². The molecule has 0 bridgehead atoms. The maximum Gasteiger partial charge on any atom is 0.0979 e. The Hall–Kier alpha value is -4.08. The summed E-state index contributed by atoms with van der Waals surface area (Å²) in [6.45, 7) is 62.6. The minimum Gasteiger partial charge on any atom is -0.244 e. The summed E-state index contributed by atoms with van der Waals surface area (Å²) < 4.78 is 0. The summed E-state index contributed by atoms with van der Waals surface area (Å²) in [7, 11) is 0. The van der Waals surface area contributed by atoms with Crippen molar-refractivity contribution in [1.82, 2.24) is 19.9 Å². The second kappa shape index (κ2) is 53.4. The Labute approximate surface area is 779 Å². The van der Waals surface area contributed by atoms with Crippen molar-refractivity contribution in [3.8, 4) is 0 Å². The van der Waals surface area contributed by atoms with Gasteiger partial charge in [-0.05, 0) is 221 Å². The van der Waals surface area contributed by atoms with Gasteiger partial charge in [-0.2, -0.15) is 0 Å². The van der Waals surface area contributed by atoms with Crippen molar-refractivity contribution < 1.29 is 0 Å². The molecule has 8 heteroatoms. The lowest BCUT2D eigenvalue weighted by Gasteiger charge is -2.25. The maximum absolute atomic E-state index is 5.96. The number of aromatic nitrogens is 4. The average Bonchev–Trinajstić information content (AvgIpc) is 0.688. The van der Waals surface area contributed by atoms with Crippen molar-refractivity contribution in [1.29, 1.82) is 0 Å². The minimum absolute atomic E-state index is 0.167. The standard InChI is InChI=1S/C116H182N4S4/c1-79(2)39-27-43-83(9)47-31-51-87(13)55-35-59-91(17)63-67-121-105-75-101-102(76-106(105)122-68-64-92(18)60-36-56-88(14)52-32-48-84(10)44-28-40-80(3)4)118-112-98-72-96(116(24,25)26)74-100-110(98)109-97(111(112)117-101)71-95(115(21,22)23)73-99(109)113-114(100)120-104-78-108(124-70-66-94(20)62-38-58-90(16)54-34-50-86(12)46-30-42-82(7)8)107(77-103(104)119-113)123-69-65-93(19)61-37-57-89(15)53-33-49-85(11)45-29-41-81(5)6/h63-66,71-90H,27-62,67-70H2,1-26H3/b91-63+,92-64+,93-65+,94-66+/t83-,84-,85-,86-,87-,88-,89-,90-/m1/s1. The molecule has 0 aliphatic heterocycles. The third-order valence-corrected chi connectivity index (χ3v) is 32.2. The largest absolute Gasteiger partial charge is 0.244 e. The van der Waals surface area contributed by atoms with Crippen LogP contribution in [0.25, 0.3) is 76.5 Å². The second-order valence-corrected chi connectivity index (χ2v) is 48.9. The smallest absolute Gasteiger partial charge is 0.0979 e. The van der Waals surface area contributed by atoms with Gasteiger partial charge in [-0.1, -0.05) is 379 Å². The molecule has 2 aromatic heterocycles. The first kappa shape index (κ1) is 105. The van der Waals surface area contributed by atoms with Crippen molar-refractivity contribution in [2.75, 3.05) is 23.0 Å². The molecule has 6 aromatic carbocycles. The van der Waals surface area contributed by atoms with Crippen molar-refractivity contribution in [2.45, 2.75) is 442 Å². The summed E-state index contributed by atoms with van der Waals surface area (Å²) in [4.78, 5) is 29.0. The molecule has 8 atom stereocenters. The lowest BCUT2D eigenvalue weighted by molar-refractivity contribution is 0.389. The number of rotatable bonds is 60. The molecular weight excluding hydrogens is 1580 g/mol. The van der Waals surface area contributed by atoms with Crippen LogP contribution in [0.5, 0.6) is 0 Å². The number of thioether (sulfide) groups is 4. The average molecular weight is 1760 g/mol. The fourth-order valence-electron chi connectivity index (χ4n) is 19.1. The van der Waals surface area contributed by atoms with E-state index in [1.165, 1.54) is 295 Å². The van der Waals surface area contributed by atoms with Crippen LogP contribution in [0.15, 0.2) is 115 Å². The Morgan fingerprint density at radius 1 is 0.250 bits per heavy atom. The van der Waals surface area contributed by atoms with E-state index in [4.69, 9.17) is 19.9 Å². The molecule has 0 spiro atoms. The van der Waals surface area contributed by atoms with E-state index in [0.29, 0.717) is 0 Å². The van der Waals surface area contributed by atoms with Gasteiger partial charge in [0.15, 0.2) is 0 Å². The lowest BCUT2D eigenvalue weighted by Crippen LogP contribution is -2.12. The van der Waals surface area contributed by atoms with Crippen LogP contribution in [0, 0.1) is 71.0 Å². The van der Waals surface area contributed by atoms with E-state index in [0.717, 1.165) is 160 Å². The summed E-state index contributed by atoms with van der Waals surface area (Å²) in [5.74, 6) is 13.5. The van der Waals surface area contributed by atoms with Crippen LogP contribution in [0.2, 0.25) is 0 Å². The third-order valence-electron chi connectivity index (χ3n) is 28.0. The molecule has 8 rings (SSSR count). The van der Waals surface area contributed by atoms with Crippen LogP contribution in [0.4, 0.5) is 0 Å². The molecule has 0 unspecified atom stereocenters. The predicted octanol–water partition coefficient (Wildman–Crippen LogP) is 39.3. The van der Waals surface area contributed by atoms with Crippen molar-refractivity contribution in [2.24, 2.45) is 71.0 Å². The summed E-state index contributed by atoms with van der Waals surface area (Å²) in [6.07, 6.45) is 58.1. The van der Waals surface area contributed by atoms with Gasteiger partial charge in [0, 0.05) is 74.9 Å². The Balaban J connectivity index is 1.14. The SMILES string of the molecule is C/C(=C\CSc1cc2nc3c4cc(C(C)(C)C)cc5c6nc7cc(SC/C=C(\C)CCC[C@H](C)CCC[C@H](C)CCCC(C)C)c(SC/C=C(\C)CCC[C@H](C)CCC[C@H](C)CCCC(C)C)cc7nc6c6cc(C(C)(C)C)cc(c3nc2cc1SC/C=C(\C)CCC[C@H](C)CCC[C@H](C)CCCC(C)C)c6c45)CCC[C@H](C)CCC[C@H](C)CCCC(C)C. The molecule has 0 fully saturated rings. The Bertz CT molecular complexity index is 4070. The molecule has 690 valence electrons. The minimum atomic E-state index is -0.167. The number of nitrogens with zero attached hydrogens (tertiary/aromatic N) is 4. The van der Waals surface area contributed by atoms with Crippen LogP contribution in [0.3, 0.4) is 0 Å². The van der Waals surface area contributed by atoms with Crippen molar-refractivity contribution >= 4 is 123 Å². The van der Waals surface area contributed by atoms with Crippen molar-refractivity contribution in [3.63, 3.8) is 0 Å². The fourth-order valence-corrected chi connectivity index (χ4v) is 23.6. The monoisotopic (exact) mass is 1760 g/mol. The molecule has 124 heavy (non-hydrogen) atoms. The molecule has 0 aliphatic carbocycles. The maximum atomic E-state index is 5.96. The number of allylic oxidation sites excluding steroid dienone is 4. The Morgan fingerprint density at radius 2 is 0.419 bits per heavy atom. The Kier molecular flexibility index (Phi) is 45.4. The summed E-state index contributed by atoms with van der Waals surface area (Å²) in [5, 5.41) is 7.07. The predicted molar refractivity (Wildman–Crippen MR) is 566 cm³/mol. The zero-order chi connectivity index (χ0) is 90.2.